The quantitative estimate of drug-likeness (QED) is 0.866. The van der Waals surface area contributed by atoms with Crippen molar-refractivity contribution in [3.63, 3.8) is 0 Å². The first kappa shape index (κ1) is 13.8. The van der Waals surface area contributed by atoms with Crippen LogP contribution in [0.1, 0.15) is 31.4 Å². The molecule has 2 unspecified atom stereocenters. The van der Waals surface area contributed by atoms with Gasteiger partial charge in [-0.25, -0.2) is 4.98 Å². The number of hydrogen-bond acceptors (Lipinski definition) is 5. The van der Waals surface area contributed by atoms with Crippen molar-refractivity contribution in [2.24, 2.45) is 0 Å². The summed E-state index contributed by atoms with van der Waals surface area (Å²) < 4.78 is 0. The van der Waals surface area contributed by atoms with E-state index in [0.29, 0.717) is 5.75 Å². The molecule has 6 heteroatoms. The number of carbonyl (C=O) groups excluding carboxylic acids is 1. The Morgan fingerprint density at radius 3 is 3.11 bits per heavy atom. The largest absolute Gasteiger partial charge is 0.391 e. The topological polar surface area (TPSA) is 62.2 Å². The summed E-state index contributed by atoms with van der Waals surface area (Å²) in [6.07, 6.45) is 3.48. The van der Waals surface area contributed by atoms with E-state index in [0.717, 1.165) is 37.1 Å². The van der Waals surface area contributed by atoms with Crippen molar-refractivity contribution in [1.82, 2.24) is 10.3 Å². The van der Waals surface area contributed by atoms with Gasteiger partial charge in [0.15, 0.2) is 0 Å². The van der Waals surface area contributed by atoms with E-state index in [-0.39, 0.29) is 18.1 Å². The van der Waals surface area contributed by atoms with Gasteiger partial charge < -0.3 is 10.4 Å². The molecule has 0 bridgehead atoms. The lowest BCUT2D eigenvalue weighted by Gasteiger charge is -2.28. The molecular formula is C12H18N2O2S2. The highest BCUT2D eigenvalue weighted by Crippen LogP contribution is 2.18. The molecule has 0 radical (unpaired) electrons. The van der Waals surface area contributed by atoms with Crippen LogP contribution >= 0.6 is 23.1 Å². The van der Waals surface area contributed by atoms with Crippen LogP contribution in [0, 0.1) is 0 Å². The van der Waals surface area contributed by atoms with Crippen molar-refractivity contribution in [3.8, 4) is 0 Å². The minimum Gasteiger partial charge on any atom is -0.391 e. The van der Waals surface area contributed by atoms with E-state index in [1.54, 1.807) is 28.6 Å². The van der Waals surface area contributed by atoms with Gasteiger partial charge in [-0.15, -0.1) is 23.1 Å². The summed E-state index contributed by atoms with van der Waals surface area (Å²) in [7, 11) is 0. The first-order chi connectivity index (χ1) is 8.75. The molecule has 1 fully saturated rings. The van der Waals surface area contributed by atoms with E-state index >= 15 is 0 Å². The average molecular weight is 286 g/mol. The van der Waals surface area contributed by atoms with Crippen LogP contribution in [0.2, 0.25) is 0 Å². The first-order valence-electron chi connectivity index (χ1n) is 6.18. The van der Waals surface area contributed by atoms with Gasteiger partial charge in [0.25, 0.3) is 0 Å². The zero-order valence-electron chi connectivity index (χ0n) is 10.2. The standard InChI is InChI=1S/C12H18N2O2S2/c15-11-4-2-1-3-10(11)14-12(16)7-17-5-9-6-18-8-13-9/h6,8,10-11,15H,1-5,7H2,(H,14,16). The molecule has 1 aromatic rings. The molecule has 0 aliphatic heterocycles. The maximum Gasteiger partial charge on any atom is 0.230 e. The molecule has 2 atom stereocenters. The van der Waals surface area contributed by atoms with Crippen molar-refractivity contribution in [2.75, 3.05) is 5.75 Å². The number of thiazole rings is 1. The van der Waals surface area contributed by atoms with Crippen LogP contribution in [-0.4, -0.2) is 33.9 Å². The van der Waals surface area contributed by atoms with Gasteiger partial charge in [0, 0.05) is 11.1 Å². The number of nitrogens with zero attached hydrogens (tertiary/aromatic N) is 1. The summed E-state index contributed by atoms with van der Waals surface area (Å²) in [5.74, 6) is 1.21. The first-order valence-corrected chi connectivity index (χ1v) is 8.27. The van der Waals surface area contributed by atoms with Gasteiger partial charge in [0.05, 0.1) is 29.1 Å². The van der Waals surface area contributed by atoms with Gasteiger partial charge >= 0.3 is 0 Å². The van der Waals surface area contributed by atoms with Crippen molar-refractivity contribution < 1.29 is 9.90 Å². The predicted octanol–water partition coefficient (Wildman–Crippen LogP) is 1.80. The Bertz CT molecular complexity index is 370. The summed E-state index contributed by atoms with van der Waals surface area (Å²) >= 11 is 3.13. The second kappa shape index (κ2) is 7.11. The third-order valence-electron chi connectivity index (χ3n) is 3.04. The number of amides is 1. The maximum absolute atomic E-state index is 11.7. The molecule has 1 heterocycles. The Morgan fingerprint density at radius 2 is 2.39 bits per heavy atom. The van der Waals surface area contributed by atoms with Crippen LogP contribution in [0.4, 0.5) is 0 Å². The molecule has 2 rings (SSSR count). The molecule has 0 saturated heterocycles. The molecule has 0 aromatic carbocycles. The van der Waals surface area contributed by atoms with E-state index in [1.807, 2.05) is 5.38 Å². The molecule has 1 amide bonds. The van der Waals surface area contributed by atoms with E-state index in [1.165, 1.54) is 0 Å². The van der Waals surface area contributed by atoms with Crippen LogP contribution in [0.3, 0.4) is 0 Å². The third-order valence-corrected chi connectivity index (χ3v) is 4.64. The second-order valence-corrected chi connectivity index (χ2v) is 6.20. The highest BCUT2D eigenvalue weighted by atomic mass is 32.2. The zero-order valence-corrected chi connectivity index (χ0v) is 11.8. The van der Waals surface area contributed by atoms with E-state index < -0.39 is 0 Å². The number of aliphatic hydroxyl groups is 1. The second-order valence-electron chi connectivity index (χ2n) is 4.50. The minimum atomic E-state index is -0.369. The fraction of sp³-hybridized carbons (Fsp3) is 0.667. The average Bonchev–Trinajstić information content (AvgIpc) is 2.85. The van der Waals surface area contributed by atoms with Gasteiger partial charge in [-0.05, 0) is 12.8 Å². The van der Waals surface area contributed by atoms with Crippen molar-refractivity contribution in [2.45, 2.75) is 43.6 Å². The molecule has 1 aromatic heterocycles. The fourth-order valence-electron chi connectivity index (χ4n) is 2.09. The number of rotatable bonds is 5. The monoisotopic (exact) mass is 286 g/mol. The molecule has 0 spiro atoms. The van der Waals surface area contributed by atoms with Crippen LogP contribution in [-0.2, 0) is 10.5 Å². The van der Waals surface area contributed by atoms with Gasteiger partial charge in [0.1, 0.15) is 0 Å². The van der Waals surface area contributed by atoms with Gasteiger partial charge in [-0.1, -0.05) is 12.8 Å². The lowest BCUT2D eigenvalue weighted by molar-refractivity contribution is -0.120. The van der Waals surface area contributed by atoms with Crippen molar-refractivity contribution in [3.05, 3.63) is 16.6 Å². The van der Waals surface area contributed by atoms with Crippen LogP contribution < -0.4 is 5.32 Å². The summed E-state index contributed by atoms with van der Waals surface area (Å²) in [6.45, 7) is 0. The lowest BCUT2D eigenvalue weighted by Crippen LogP contribution is -2.45. The molecule has 1 aliphatic carbocycles. The highest BCUT2D eigenvalue weighted by molar-refractivity contribution is 7.99. The van der Waals surface area contributed by atoms with Crippen molar-refractivity contribution in [1.29, 1.82) is 0 Å². The highest BCUT2D eigenvalue weighted by Gasteiger charge is 2.24. The maximum atomic E-state index is 11.7. The summed E-state index contributed by atoms with van der Waals surface area (Å²) in [5, 5.41) is 14.7. The molecule has 18 heavy (non-hydrogen) atoms. The molecule has 100 valence electrons. The Morgan fingerprint density at radius 1 is 1.56 bits per heavy atom. The molecule has 2 N–H and O–H groups in total. The number of carbonyl (C=O) groups is 1. The smallest absolute Gasteiger partial charge is 0.230 e. The van der Waals surface area contributed by atoms with Crippen LogP contribution in [0.5, 0.6) is 0 Å². The van der Waals surface area contributed by atoms with Crippen molar-refractivity contribution >= 4 is 29.0 Å². The number of aliphatic hydroxyl groups excluding tert-OH is 1. The summed E-state index contributed by atoms with van der Waals surface area (Å²) in [6, 6.07) is -0.0499. The SMILES string of the molecule is O=C(CSCc1cscn1)NC1CCCCC1O. The number of aromatic nitrogens is 1. The normalized spacial score (nSPS) is 23.8. The minimum absolute atomic E-state index is 0.0150. The number of nitrogens with one attached hydrogen (secondary N) is 1. The molecular weight excluding hydrogens is 268 g/mol. The third kappa shape index (κ3) is 4.26. The Labute approximate surface area is 115 Å². The Balaban J connectivity index is 1.65. The Hall–Kier alpha value is -0.590. The van der Waals surface area contributed by atoms with E-state index in [2.05, 4.69) is 10.3 Å². The zero-order chi connectivity index (χ0) is 12.8. The summed E-state index contributed by atoms with van der Waals surface area (Å²) in [4.78, 5) is 15.9. The fourth-order valence-corrected chi connectivity index (χ4v) is 3.49. The Kier molecular flexibility index (Phi) is 5.46. The number of thioether (sulfide) groups is 1. The van der Waals surface area contributed by atoms with Crippen LogP contribution in [0.15, 0.2) is 10.9 Å². The van der Waals surface area contributed by atoms with Gasteiger partial charge in [-0.3, -0.25) is 4.79 Å². The number of hydrogen-bond donors (Lipinski definition) is 2. The van der Waals surface area contributed by atoms with E-state index in [9.17, 15) is 9.90 Å². The lowest BCUT2D eigenvalue weighted by atomic mass is 9.93. The van der Waals surface area contributed by atoms with Gasteiger partial charge in [-0.2, -0.15) is 0 Å². The predicted molar refractivity (Wildman–Crippen MR) is 74.7 cm³/mol. The molecule has 1 aliphatic rings. The molecule has 4 nitrogen and oxygen atoms in total. The molecule has 1 saturated carbocycles. The van der Waals surface area contributed by atoms with Crippen LogP contribution in [0.25, 0.3) is 0 Å². The van der Waals surface area contributed by atoms with Gasteiger partial charge in [0.2, 0.25) is 5.91 Å². The summed E-state index contributed by atoms with van der Waals surface area (Å²) in [5.41, 5.74) is 2.82. The van der Waals surface area contributed by atoms with E-state index in [4.69, 9.17) is 0 Å².